The number of rotatable bonds is 4. The maximum atomic E-state index is 12.6. The topological polar surface area (TPSA) is 162 Å². The van der Waals surface area contributed by atoms with Gasteiger partial charge in [-0.1, -0.05) is 17.7 Å². The molecule has 0 unspecified atom stereocenters. The fourth-order valence-electron chi connectivity index (χ4n) is 3.03. The molecule has 29 heavy (non-hydrogen) atoms. The molecule has 10 heteroatoms. The lowest BCUT2D eigenvalue weighted by molar-refractivity contribution is 0.0997. The van der Waals surface area contributed by atoms with E-state index in [-0.39, 0.29) is 33.9 Å². The second kappa shape index (κ2) is 6.68. The summed E-state index contributed by atoms with van der Waals surface area (Å²) in [5, 5.41) is 2.96. The van der Waals surface area contributed by atoms with Crippen LogP contribution < -0.4 is 17.2 Å². The second-order valence-electron chi connectivity index (χ2n) is 6.43. The highest BCUT2D eigenvalue weighted by Gasteiger charge is 2.21. The molecule has 2 aromatic heterocycles. The number of nitrogens with two attached hydrogens (primary N) is 2. The van der Waals surface area contributed by atoms with E-state index < -0.39 is 11.6 Å². The quantitative estimate of drug-likeness (QED) is 0.358. The Morgan fingerprint density at radius 3 is 2.52 bits per heavy atom. The third-order valence-corrected chi connectivity index (χ3v) is 4.42. The number of primary amides is 1. The average Bonchev–Trinajstić information content (AvgIpc) is 3.03. The largest absolute Gasteiger partial charge is 0.399 e. The highest BCUT2D eigenvalue weighted by atomic mass is 16.3. The molecule has 0 aliphatic carbocycles. The minimum Gasteiger partial charge on any atom is -0.399 e. The minimum absolute atomic E-state index is 0.000427. The van der Waals surface area contributed by atoms with E-state index >= 15 is 0 Å². The van der Waals surface area contributed by atoms with Crippen LogP contribution in [0.1, 0.15) is 16.1 Å². The van der Waals surface area contributed by atoms with E-state index in [4.69, 9.17) is 11.5 Å². The molecule has 10 nitrogen and oxygen atoms in total. The summed E-state index contributed by atoms with van der Waals surface area (Å²) in [7, 11) is 0. The van der Waals surface area contributed by atoms with Crippen molar-refractivity contribution in [1.29, 1.82) is 0 Å². The molecular formula is C19H15N7O3. The number of fused-ring (bicyclic) bond motifs is 1. The van der Waals surface area contributed by atoms with E-state index in [1.54, 1.807) is 18.2 Å². The van der Waals surface area contributed by atoms with Crippen LogP contribution in [0.2, 0.25) is 0 Å². The Balaban J connectivity index is 2.07. The number of imidazole rings is 1. The third-order valence-electron chi connectivity index (χ3n) is 4.42. The minimum atomic E-state index is -0.855. The van der Waals surface area contributed by atoms with Crippen molar-refractivity contribution in [2.75, 3.05) is 5.73 Å². The highest BCUT2D eigenvalue weighted by Crippen LogP contribution is 2.31. The van der Waals surface area contributed by atoms with Crippen LogP contribution in [-0.2, 0) is 0 Å². The van der Waals surface area contributed by atoms with Crippen LogP contribution in [0.15, 0.2) is 52.4 Å². The van der Waals surface area contributed by atoms with Crippen LogP contribution in [-0.4, -0.2) is 25.4 Å². The normalized spacial score (nSPS) is 10.9. The maximum absolute atomic E-state index is 12.6. The highest BCUT2D eigenvalue weighted by molar-refractivity contribution is 6.02. The van der Waals surface area contributed by atoms with Crippen molar-refractivity contribution in [3.05, 3.63) is 69.1 Å². The zero-order chi connectivity index (χ0) is 20.7. The second-order valence-corrected chi connectivity index (χ2v) is 6.43. The standard InChI is InChI=1S/C19H15N7O3/c1-9-2-5-11(6-3-9)26-18-15(23-19(26)28)14(16(21)27)22-17(24-18)12-7-4-10(20)8-13(12)25-29/h2-8H,20H2,1H3,(H2,21,27)(H,23,28). The molecule has 0 bridgehead atoms. The number of H-pyrrole nitrogens is 1. The predicted molar refractivity (Wildman–Crippen MR) is 108 cm³/mol. The molecule has 0 aliphatic heterocycles. The summed E-state index contributed by atoms with van der Waals surface area (Å²) in [5.74, 6) is -0.840. The van der Waals surface area contributed by atoms with Gasteiger partial charge in [0.25, 0.3) is 5.91 Å². The molecule has 0 radical (unpaired) electrons. The lowest BCUT2D eigenvalue weighted by Crippen LogP contribution is -2.15. The van der Waals surface area contributed by atoms with Gasteiger partial charge in [-0.2, -0.15) is 0 Å². The molecule has 2 aromatic carbocycles. The van der Waals surface area contributed by atoms with E-state index in [0.717, 1.165) is 5.56 Å². The summed E-state index contributed by atoms with van der Waals surface area (Å²) < 4.78 is 1.30. The number of benzene rings is 2. The number of hydrogen-bond donors (Lipinski definition) is 3. The van der Waals surface area contributed by atoms with Crippen LogP contribution in [0, 0.1) is 11.8 Å². The molecule has 4 rings (SSSR count). The Hall–Kier alpha value is -4.34. The number of anilines is 1. The van der Waals surface area contributed by atoms with E-state index in [0.29, 0.717) is 11.4 Å². The van der Waals surface area contributed by atoms with Crippen molar-refractivity contribution in [2.24, 2.45) is 10.9 Å². The van der Waals surface area contributed by atoms with E-state index in [1.807, 2.05) is 19.1 Å². The molecular weight excluding hydrogens is 374 g/mol. The van der Waals surface area contributed by atoms with Gasteiger partial charge in [0.15, 0.2) is 17.2 Å². The molecule has 144 valence electrons. The number of aromatic nitrogens is 4. The van der Waals surface area contributed by atoms with Gasteiger partial charge in [0.05, 0.1) is 5.69 Å². The van der Waals surface area contributed by atoms with E-state index in [9.17, 15) is 14.5 Å². The Bertz CT molecular complexity index is 1340. The fraction of sp³-hybridized carbons (Fsp3) is 0.0526. The van der Waals surface area contributed by atoms with Gasteiger partial charge in [0.1, 0.15) is 11.2 Å². The van der Waals surface area contributed by atoms with Crippen LogP contribution in [0.3, 0.4) is 0 Å². The number of hydrogen-bond acceptors (Lipinski definition) is 7. The SMILES string of the molecule is Cc1ccc(-n2c(=O)[nH]c3c(C(N)=O)nc(-c4ccc(N)cc4N=O)nc32)cc1. The van der Waals surface area contributed by atoms with Gasteiger partial charge >= 0.3 is 5.69 Å². The number of nitrogen functional groups attached to an aromatic ring is 1. The van der Waals surface area contributed by atoms with Gasteiger partial charge in [0.2, 0.25) is 0 Å². The summed E-state index contributed by atoms with van der Waals surface area (Å²) in [5.41, 5.74) is 12.9. The van der Waals surface area contributed by atoms with Crippen molar-refractivity contribution >= 4 is 28.4 Å². The number of nitrogens with zero attached hydrogens (tertiary/aromatic N) is 4. The Morgan fingerprint density at radius 1 is 1.14 bits per heavy atom. The van der Waals surface area contributed by atoms with Crippen molar-refractivity contribution in [2.45, 2.75) is 6.92 Å². The van der Waals surface area contributed by atoms with E-state index in [2.05, 4.69) is 20.1 Å². The van der Waals surface area contributed by atoms with Gasteiger partial charge in [-0.3, -0.25) is 4.79 Å². The number of carbonyl (C=O) groups is 1. The van der Waals surface area contributed by atoms with Gasteiger partial charge in [-0.25, -0.2) is 19.3 Å². The lowest BCUT2D eigenvalue weighted by atomic mass is 10.1. The summed E-state index contributed by atoms with van der Waals surface area (Å²) in [6.45, 7) is 1.92. The number of carbonyl (C=O) groups excluding carboxylic acids is 1. The molecule has 0 spiro atoms. The molecule has 0 atom stereocenters. The summed E-state index contributed by atoms with van der Waals surface area (Å²) in [4.78, 5) is 47.0. The smallest absolute Gasteiger partial charge is 0.332 e. The summed E-state index contributed by atoms with van der Waals surface area (Å²) >= 11 is 0. The first-order valence-electron chi connectivity index (χ1n) is 8.52. The number of aromatic amines is 1. The average molecular weight is 389 g/mol. The Morgan fingerprint density at radius 2 is 1.86 bits per heavy atom. The van der Waals surface area contributed by atoms with Crippen LogP contribution in [0.25, 0.3) is 28.2 Å². The molecule has 0 saturated carbocycles. The third kappa shape index (κ3) is 3.02. The van der Waals surface area contributed by atoms with Crippen LogP contribution >= 0.6 is 0 Å². The predicted octanol–water partition coefficient (Wildman–Crippen LogP) is 2.16. The molecule has 0 saturated heterocycles. The number of nitroso groups, excluding NO2 is 1. The zero-order valence-corrected chi connectivity index (χ0v) is 15.2. The number of amides is 1. The van der Waals surface area contributed by atoms with Crippen LogP contribution in [0.5, 0.6) is 0 Å². The van der Waals surface area contributed by atoms with Crippen molar-refractivity contribution in [1.82, 2.24) is 19.5 Å². The monoisotopic (exact) mass is 389 g/mol. The van der Waals surface area contributed by atoms with Crippen molar-refractivity contribution < 1.29 is 4.79 Å². The van der Waals surface area contributed by atoms with Crippen molar-refractivity contribution in [3.8, 4) is 17.1 Å². The Labute approximate surface area is 163 Å². The molecule has 0 fully saturated rings. The van der Waals surface area contributed by atoms with Crippen LogP contribution in [0.4, 0.5) is 11.4 Å². The van der Waals surface area contributed by atoms with Gasteiger partial charge in [-0.15, -0.1) is 4.91 Å². The maximum Gasteiger partial charge on any atom is 0.332 e. The summed E-state index contributed by atoms with van der Waals surface area (Å²) in [6, 6.07) is 11.6. The molecule has 0 aliphatic rings. The first kappa shape index (κ1) is 18.0. The van der Waals surface area contributed by atoms with E-state index in [1.165, 1.54) is 16.7 Å². The Kier molecular flexibility index (Phi) is 4.15. The zero-order valence-electron chi connectivity index (χ0n) is 15.2. The van der Waals surface area contributed by atoms with Gasteiger partial charge in [-0.05, 0) is 42.4 Å². The molecule has 5 N–H and O–H groups in total. The summed E-state index contributed by atoms with van der Waals surface area (Å²) in [6.07, 6.45) is 0. The fourth-order valence-corrected chi connectivity index (χ4v) is 3.03. The molecule has 4 aromatic rings. The lowest BCUT2D eigenvalue weighted by Gasteiger charge is -2.08. The van der Waals surface area contributed by atoms with Gasteiger partial charge < -0.3 is 16.5 Å². The molecule has 1 amide bonds. The van der Waals surface area contributed by atoms with Crippen molar-refractivity contribution in [3.63, 3.8) is 0 Å². The first-order valence-corrected chi connectivity index (χ1v) is 8.52. The number of nitrogens with one attached hydrogen (secondary N) is 1. The molecule has 2 heterocycles. The number of aryl methyl sites for hydroxylation is 1. The van der Waals surface area contributed by atoms with Gasteiger partial charge in [0, 0.05) is 11.3 Å². The first-order chi connectivity index (χ1) is 13.9.